The molecule has 0 aliphatic carbocycles. The lowest BCUT2D eigenvalue weighted by Crippen LogP contribution is -2.56. The predicted octanol–water partition coefficient (Wildman–Crippen LogP) is 10.9. The monoisotopic (exact) mass is 1180 g/mol. The maximum absolute atomic E-state index is 15.2. The number of fused-ring (bicyclic) bond motifs is 8. The van der Waals surface area contributed by atoms with Crippen molar-refractivity contribution in [1.82, 2.24) is 39.7 Å². The molecule has 6 heterocycles. The van der Waals surface area contributed by atoms with Gasteiger partial charge >= 0.3 is 6.03 Å². The molecule has 3 N–H and O–H groups in total. The fourth-order valence-corrected chi connectivity index (χ4v) is 12.1. The molecule has 0 unspecified atom stereocenters. The zero-order chi connectivity index (χ0) is 59.2. The molecule has 21 heteroatoms. The summed E-state index contributed by atoms with van der Waals surface area (Å²) >= 11 is 12.8. The molecule has 0 radical (unpaired) electrons. The van der Waals surface area contributed by atoms with Crippen LogP contribution in [-0.2, 0) is 22.7 Å². The van der Waals surface area contributed by atoms with Crippen molar-refractivity contribution >= 4 is 64.3 Å². The Morgan fingerprint density at radius 1 is 0.869 bits per heavy atom. The summed E-state index contributed by atoms with van der Waals surface area (Å²) < 4.78 is 28.2. The lowest BCUT2D eigenvalue weighted by atomic mass is 9.93. The zero-order valence-corrected chi connectivity index (χ0v) is 49.2. The SMILES string of the molecule is COc1ccc(C2=N[C@@H](c3ccc(Cl)cc3)[C@@H](c3ccc(Cl)cc3)N2C(=O)N2CCN(CCCCCCCCC(=O)NCCn3nc4c(c3C#N)-c3cnc(N)c(c3)N3CCC[C@@H]3c3cc(F)ccc3C(=O)N(C)C4)C(=O)C2)c(OC(C)C)c1. The lowest BCUT2D eigenvalue weighted by molar-refractivity contribution is -0.135. The van der Waals surface area contributed by atoms with Crippen molar-refractivity contribution in [2.24, 2.45) is 4.99 Å². The number of carbonyl (C=O) groups is 4. The minimum atomic E-state index is -0.609. The molecule has 3 atom stereocenters. The van der Waals surface area contributed by atoms with E-state index >= 15 is 4.79 Å². The molecule has 0 spiro atoms. The van der Waals surface area contributed by atoms with Gasteiger partial charge in [-0.3, -0.25) is 29.0 Å². The van der Waals surface area contributed by atoms with E-state index in [1.54, 1.807) is 53.0 Å². The van der Waals surface area contributed by atoms with Gasteiger partial charge in [0.05, 0.1) is 55.3 Å². The van der Waals surface area contributed by atoms with Gasteiger partial charge < -0.3 is 40.1 Å². The van der Waals surface area contributed by atoms with Crippen LogP contribution in [0.3, 0.4) is 0 Å². The molecular formula is C63H69Cl2FN12O6. The molecule has 0 saturated carbocycles. The third-order valence-corrected chi connectivity index (χ3v) is 16.5. The highest BCUT2D eigenvalue weighted by molar-refractivity contribution is 6.30. The fraction of sp³-hybridized carbons (Fsp3) is 0.397. The number of hydrogen-bond donors (Lipinski definition) is 2. The summed E-state index contributed by atoms with van der Waals surface area (Å²) in [5, 5.41) is 19.5. The largest absolute Gasteiger partial charge is 0.497 e. The summed E-state index contributed by atoms with van der Waals surface area (Å²) in [6, 6.07) is 26.9. The van der Waals surface area contributed by atoms with Gasteiger partial charge in [0.2, 0.25) is 11.8 Å². The number of halogens is 3. The quantitative estimate of drug-likeness (QED) is 0.0774. The number of aliphatic imine (C=N–C) groups is 1. The van der Waals surface area contributed by atoms with Gasteiger partial charge in [-0.15, -0.1) is 0 Å². The van der Waals surface area contributed by atoms with Gasteiger partial charge in [0.1, 0.15) is 53.3 Å². The highest BCUT2D eigenvalue weighted by Gasteiger charge is 2.46. The number of anilines is 2. The van der Waals surface area contributed by atoms with Crippen molar-refractivity contribution < 1.29 is 33.0 Å². The van der Waals surface area contributed by atoms with Crippen LogP contribution in [0.5, 0.6) is 11.5 Å². The van der Waals surface area contributed by atoms with Gasteiger partial charge in [-0.25, -0.2) is 14.2 Å². The molecule has 5 amide bonds. The van der Waals surface area contributed by atoms with E-state index < -0.39 is 17.9 Å². The lowest BCUT2D eigenvalue weighted by Gasteiger charge is -2.38. The molecule has 2 bridgehead atoms. The second-order valence-electron chi connectivity index (χ2n) is 22.0. The van der Waals surface area contributed by atoms with Crippen LogP contribution in [0, 0.1) is 17.1 Å². The third-order valence-electron chi connectivity index (χ3n) is 16.0. The number of pyridine rings is 1. The first-order valence-corrected chi connectivity index (χ1v) is 29.5. The number of amides is 5. The Kier molecular flexibility index (Phi) is 18.4. The highest BCUT2D eigenvalue weighted by Crippen LogP contribution is 2.47. The molecule has 2 fully saturated rings. The van der Waals surface area contributed by atoms with E-state index in [1.807, 2.05) is 73.3 Å². The molecule has 10 rings (SSSR count). The van der Waals surface area contributed by atoms with E-state index in [0.29, 0.717) is 112 Å². The van der Waals surface area contributed by atoms with Crippen molar-refractivity contribution in [3.63, 3.8) is 0 Å². The first-order chi connectivity index (χ1) is 40.6. The summed E-state index contributed by atoms with van der Waals surface area (Å²) in [6.45, 7) is 6.18. The first kappa shape index (κ1) is 59.0. The standard InChI is InChI=1S/C63H69Cl2FN12O6/c1-39(2)84-54-34-46(83-4)23-25-48(54)61-71-58(40-14-18-43(64)19-15-40)59(41-16-20-44(65)21-17-41)78(61)63(82)75-31-30-74(56(80)38-75)27-10-8-6-5-7-9-13-55(79)69-26-29-77-53(35-67)57-42-32-52(60(68)70-36-42)76-28-11-12-51(76)49-33-45(66)22-24-47(49)62(81)73(3)37-50(57)72-77/h14-25,32-34,36,39,51,58-59H,5-13,26-31,37-38H2,1-4H3,(H2,68,70)(H,69,79)/t51-,58+,59-/m1/s1. The molecule has 84 heavy (non-hydrogen) atoms. The Balaban J connectivity index is 0.712. The minimum Gasteiger partial charge on any atom is -0.497 e. The van der Waals surface area contributed by atoms with Gasteiger partial charge in [0.25, 0.3) is 5.91 Å². The number of piperazine rings is 1. The van der Waals surface area contributed by atoms with Crippen molar-refractivity contribution in [3.05, 3.63) is 152 Å². The van der Waals surface area contributed by atoms with Crippen LogP contribution in [-0.4, -0.2) is 123 Å². The van der Waals surface area contributed by atoms with Crippen molar-refractivity contribution in [2.75, 3.05) is 64.1 Å². The van der Waals surface area contributed by atoms with E-state index in [-0.39, 0.29) is 73.6 Å². The number of nitrogen functional groups attached to an aromatic ring is 1. The predicted molar refractivity (Wildman–Crippen MR) is 321 cm³/mol. The Morgan fingerprint density at radius 3 is 2.30 bits per heavy atom. The number of rotatable bonds is 18. The molecule has 4 aliphatic rings. The number of nitrogens with two attached hydrogens (primary N) is 1. The Bertz CT molecular complexity index is 3500. The number of urea groups is 1. The number of benzene rings is 4. The molecule has 2 aromatic heterocycles. The zero-order valence-electron chi connectivity index (χ0n) is 47.7. The Morgan fingerprint density at radius 2 is 1.58 bits per heavy atom. The number of unbranched alkanes of at least 4 members (excludes halogenated alkanes) is 5. The average Bonchev–Trinajstić information content (AvgIpc) is 2.47. The van der Waals surface area contributed by atoms with Crippen molar-refractivity contribution in [2.45, 2.75) is 109 Å². The summed E-state index contributed by atoms with van der Waals surface area (Å²) in [5.74, 6) is 0.811. The molecule has 18 nitrogen and oxygen atoms in total. The van der Waals surface area contributed by atoms with E-state index in [2.05, 4.69) is 21.3 Å². The topological polar surface area (TPSA) is 208 Å². The van der Waals surface area contributed by atoms with Crippen molar-refractivity contribution in [3.8, 4) is 28.7 Å². The second kappa shape index (κ2) is 26.2. The fourth-order valence-electron chi connectivity index (χ4n) is 11.9. The second-order valence-corrected chi connectivity index (χ2v) is 22.9. The first-order valence-electron chi connectivity index (χ1n) is 28.7. The third kappa shape index (κ3) is 12.8. The Hall–Kier alpha value is -8.21. The molecule has 6 aromatic rings. The minimum absolute atomic E-state index is 0.0608. The molecule has 2 saturated heterocycles. The molecule has 4 aromatic carbocycles. The maximum Gasteiger partial charge on any atom is 0.326 e. The summed E-state index contributed by atoms with van der Waals surface area (Å²) in [4.78, 5) is 74.7. The maximum atomic E-state index is 15.2. The van der Waals surface area contributed by atoms with E-state index in [1.165, 1.54) is 23.1 Å². The number of aromatic nitrogens is 3. The molecule has 438 valence electrons. The number of nitrogens with one attached hydrogen (secondary N) is 1. The number of carbonyl (C=O) groups excluding carboxylic acids is 4. The number of ether oxygens (including phenoxy) is 2. The Labute approximate surface area is 498 Å². The van der Waals surface area contributed by atoms with Gasteiger partial charge in [0.15, 0.2) is 0 Å². The number of nitriles is 1. The van der Waals surface area contributed by atoms with Crippen LogP contribution >= 0.6 is 23.2 Å². The van der Waals surface area contributed by atoms with Crippen molar-refractivity contribution in [1.29, 1.82) is 5.26 Å². The smallest absolute Gasteiger partial charge is 0.326 e. The summed E-state index contributed by atoms with van der Waals surface area (Å²) in [5.41, 5.74) is 12.2. The van der Waals surface area contributed by atoms with E-state index in [4.69, 9.17) is 48.5 Å². The molecular weight excluding hydrogens is 1110 g/mol. The number of amidine groups is 1. The number of methoxy groups -OCH3 is 1. The van der Waals surface area contributed by atoms with Crippen LogP contribution < -0.4 is 25.4 Å². The molecule has 4 aliphatic heterocycles. The van der Waals surface area contributed by atoms with Gasteiger partial charge in [-0.1, -0.05) is 73.2 Å². The summed E-state index contributed by atoms with van der Waals surface area (Å²) in [7, 11) is 3.25. The number of hydrogen-bond acceptors (Lipinski definition) is 12. The van der Waals surface area contributed by atoms with Crippen LogP contribution in [0.2, 0.25) is 10.0 Å². The van der Waals surface area contributed by atoms with Crippen LogP contribution in [0.4, 0.5) is 20.7 Å². The van der Waals surface area contributed by atoms with Crippen LogP contribution in [0.1, 0.15) is 134 Å². The van der Waals surface area contributed by atoms with Crippen LogP contribution in [0.15, 0.2) is 102 Å². The summed E-state index contributed by atoms with van der Waals surface area (Å²) in [6.07, 6.45) is 8.39. The van der Waals surface area contributed by atoms with Crippen LogP contribution in [0.25, 0.3) is 11.1 Å². The highest BCUT2D eigenvalue weighted by atomic mass is 35.5. The van der Waals surface area contributed by atoms with Gasteiger partial charge in [-0.2, -0.15) is 10.4 Å². The average molecular weight is 1180 g/mol. The van der Waals surface area contributed by atoms with Gasteiger partial charge in [0, 0.05) is 85.2 Å². The normalized spacial score (nSPS) is 17.7. The van der Waals surface area contributed by atoms with E-state index in [9.17, 15) is 24.0 Å². The van der Waals surface area contributed by atoms with Gasteiger partial charge in [-0.05, 0) is 117 Å². The van der Waals surface area contributed by atoms with E-state index in [0.717, 1.165) is 49.7 Å². The number of nitrogens with zero attached hydrogens (tertiary/aromatic N) is 10.